The predicted octanol–water partition coefficient (Wildman–Crippen LogP) is 1.89. The fraction of sp³-hybridized carbons (Fsp3) is 0.750. The summed E-state index contributed by atoms with van der Waals surface area (Å²) in [4.78, 5) is 0. The Bertz CT molecular complexity index is 151. The SMILES string of the molecule is C[C-](C)C.C[C-](C)C.[O]=[Cr](=[O])([OH])[OH]. The van der Waals surface area contributed by atoms with Gasteiger partial charge in [0.1, 0.15) is 0 Å². The Hall–Kier alpha value is 0.0525. The van der Waals surface area contributed by atoms with Gasteiger partial charge in [0.05, 0.1) is 0 Å². The Labute approximate surface area is 83.4 Å². The molecule has 0 saturated heterocycles. The third-order valence-electron chi connectivity index (χ3n) is 0. The third kappa shape index (κ3) is 442000. The van der Waals surface area contributed by atoms with Crippen LogP contribution in [-0.4, -0.2) is 8.32 Å². The van der Waals surface area contributed by atoms with Crippen molar-refractivity contribution >= 4 is 0 Å². The van der Waals surface area contributed by atoms with E-state index in [4.69, 9.17) is 15.9 Å². The molecule has 0 fully saturated rings. The molecule has 4 nitrogen and oxygen atoms in total. The van der Waals surface area contributed by atoms with Gasteiger partial charge in [-0.3, -0.25) is 0 Å². The molecule has 0 atom stereocenters. The van der Waals surface area contributed by atoms with Crippen LogP contribution in [0.3, 0.4) is 0 Å². The van der Waals surface area contributed by atoms with Crippen molar-refractivity contribution in [3.8, 4) is 0 Å². The normalized spacial score (nSPS) is 10.0. The zero-order valence-corrected chi connectivity index (χ0v) is 10.4. The summed E-state index contributed by atoms with van der Waals surface area (Å²) in [5.74, 6) is 2.83. The molecule has 0 aromatic rings. The van der Waals surface area contributed by atoms with Crippen molar-refractivity contribution in [2.45, 2.75) is 41.5 Å². The van der Waals surface area contributed by atoms with Crippen LogP contribution in [-0.2, 0) is 21.2 Å². The Morgan fingerprint density at radius 2 is 0.769 bits per heavy atom. The number of rotatable bonds is 0. The molecular weight excluding hydrogens is 212 g/mol. The molecule has 0 bridgehead atoms. The van der Waals surface area contributed by atoms with Crippen LogP contribution in [0.15, 0.2) is 0 Å². The molecule has 0 aromatic carbocycles. The standard InChI is InChI=1S/2C4H9.Cr.2H2O.2O/c2*1-4(2)3;;;;;/h2*1-3H3;;2*1H2;;/q2*-1;+2;;;;/p-2. The van der Waals surface area contributed by atoms with Crippen LogP contribution in [0, 0.1) is 11.8 Å². The van der Waals surface area contributed by atoms with E-state index in [-0.39, 0.29) is 0 Å². The van der Waals surface area contributed by atoms with Gasteiger partial charge >= 0.3 is 29.5 Å². The Balaban J connectivity index is -0.000000117. The fourth-order valence-electron chi connectivity index (χ4n) is 0. The molecule has 0 spiro atoms. The average molecular weight is 232 g/mol. The van der Waals surface area contributed by atoms with Gasteiger partial charge in [-0.15, -0.1) is 0 Å². The van der Waals surface area contributed by atoms with Gasteiger partial charge in [-0.05, 0) is 0 Å². The first-order valence-corrected chi connectivity index (χ1v) is 5.88. The van der Waals surface area contributed by atoms with Gasteiger partial charge in [0.2, 0.25) is 0 Å². The fourth-order valence-corrected chi connectivity index (χ4v) is 0. The molecule has 0 rings (SSSR count). The summed E-state index contributed by atoms with van der Waals surface area (Å²) in [7, 11) is 0. The summed E-state index contributed by atoms with van der Waals surface area (Å²) in [6.45, 7) is 12.5. The van der Waals surface area contributed by atoms with Crippen LogP contribution in [0.25, 0.3) is 0 Å². The van der Waals surface area contributed by atoms with Crippen LogP contribution < -0.4 is 0 Å². The monoisotopic (exact) mass is 232 g/mol. The van der Waals surface area contributed by atoms with Crippen molar-refractivity contribution in [2.75, 3.05) is 0 Å². The second kappa shape index (κ2) is 10.1. The zero-order chi connectivity index (χ0) is 11.7. The molecule has 0 aromatic heterocycles. The van der Waals surface area contributed by atoms with Gasteiger partial charge in [-0.25, -0.2) is 0 Å². The Morgan fingerprint density at radius 3 is 0.769 bits per heavy atom. The van der Waals surface area contributed by atoms with Crippen LogP contribution in [0.4, 0.5) is 0 Å². The van der Waals surface area contributed by atoms with Crippen molar-refractivity contribution < 1.29 is 29.5 Å². The van der Waals surface area contributed by atoms with Crippen molar-refractivity contribution in [1.82, 2.24) is 0 Å². The van der Waals surface area contributed by atoms with Gasteiger partial charge in [0.15, 0.2) is 0 Å². The van der Waals surface area contributed by atoms with Crippen molar-refractivity contribution in [2.24, 2.45) is 0 Å². The molecule has 0 radical (unpaired) electrons. The van der Waals surface area contributed by atoms with E-state index in [1.165, 1.54) is 11.8 Å². The van der Waals surface area contributed by atoms with E-state index in [1.54, 1.807) is 0 Å². The van der Waals surface area contributed by atoms with Gasteiger partial charge in [-0.2, -0.15) is 41.5 Å². The number of hydrogen-bond donors (Lipinski definition) is 2. The summed E-state index contributed by atoms with van der Waals surface area (Å²) in [6, 6.07) is 0. The van der Waals surface area contributed by atoms with E-state index < -0.39 is 13.6 Å². The third-order valence-corrected chi connectivity index (χ3v) is 0. The molecule has 0 amide bonds. The van der Waals surface area contributed by atoms with E-state index >= 15 is 0 Å². The minimum atomic E-state index is -5.25. The summed E-state index contributed by atoms with van der Waals surface area (Å²) in [5, 5.41) is 0. The maximum absolute atomic E-state index is 8.82. The topological polar surface area (TPSA) is 74.6 Å². The first-order chi connectivity index (χ1) is 5.46. The molecule has 2 N–H and O–H groups in total. The first-order valence-electron chi connectivity index (χ1n) is 3.70. The summed E-state index contributed by atoms with van der Waals surface area (Å²) >= 11 is -5.25. The van der Waals surface area contributed by atoms with E-state index in [2.05, 4.69) is 41.5 Å². The molecule has 0 aliphatic carbocycles. The van der Waals surface area contributed by atoms with Gasteiger partial charge in [0, 0.05) is 0 Å². The van der Waals surface area contributed by atoms with Crippen molar-refractivity contribution in [3.05, 3.63) is 11.8 Å². The van der Waals surface area contributed by atoms with Gasteiger partial charge in [0.25, 0.3) is 0 Å². The molecule has 0 unspecified atom stereocenters. The first kappa shape index (κ1) is 18.8. The van der Waals surface area contributed by atoms with E-state index in [0.29, 0.717) is 0 Å². The second-order valence-corrected chi connectivity index (χ2v) is 4.85. The molecule has 0 heterocycles. The van der Waals surface area contributed by atoms with Crippen LogP contribution in [0.2, 0.25) is 0 Å². The van der Waals surface area contributed by atoms with Crippen molar-refractivity contribution in [3.63, 3.8) is 0 Å². The quantitative estimate of drug-likeness (QED) is 0.625. The van der Waals surface area contributed by atoms with Crippen LogP contribution in [0.1, 0.15) is 41.5 Å². The van der Waals surface area contributed by atoms with E-state index in [1.807, 2.05) is 0 Å². The van der Waals surface area contributed by atoms with Crippen molar-refractivity contribution in [1.29, 1.82) is 0 Å². The molecule has 84 valence electrons. The second-order valence-electron chi connectivity index (χ2n) is 3.45. The molecule has 0 aliphatic rings. The molecule has 13 heavy (non-hydrogen) atoms. The van der Waals surface area contributed by atoms with Gasteiger partial charge < -0.3 is 11.8 Å². The molecule has 5 heteroatoms. The predicted molar refractivity (Wildman–Crippen MR) is 46.3 cm³/mol. The maximum atomic E-state index is 8.82. The zero-order valence-electron chi connectivity index (χ0n) is 9.12. The summed E-state index contributed by atoms with van der Waals surface area (Å²) < 4.78 is 31.9. The van der Waals surface area contributed by atoms with E-state index in [9.17, 15) is 0 Å². The number of hydrogen-bond acceptors (Lipinski definition) is 2. The minimum absolute atomic E-state index is 1.42. The van der Waals surface area contributed by atoms with Crippen LogP contribution in [0.5, 0.6) is 0 Å². The molecule has 0 aliphatic heterocycles. The summed E-state index contributed by atoms with van der Waals surface area (Å²) in [5.41, 5.74) is 0. The Kier molecular flexibility index (Phi) is 14.6. The Morgan fingerprint density at radius 1 is 0.769 bits per heavy atom. The van der Waals surface area contributed by atoms with Gasteiger partial charge in [-0.1, -0.05) is 0 Å². The molecular formula is C8H20CrO4-2. The molecule has 0 saturated carbocycles. The average Bonchev–Trinajstić information content (AvgIpc) is 1.50. The van der Waals surface area contributed by atoms with E-state index in [0.717, 1.165) is 0 Å². The van der Waals surface area contributed by atoms with Crippen LogP contribution >= 0.6 is 0 Å². The summed E-state index contributed by atoms with van der Waals surface area (Å²) in [6.07, 6.45) is 0.